The first-order valence-electron chi connectivity index (χ1n) is 10.1. The van der Waals surface area contributed by atoms with Gasteiger partial charge < -0.3 is 9.88 Å². The normalized spacial score (nSPS) is 11.0. The van der Waals surface area contributed by atoms with Crippen molar-refractivity contribution in [2.24, 2.45) is 0 Å². The van der Waals surface area contributed by atoms with Crippen molar-refractivity contribution in [2.75, 3.05) is 5.32 Å². The Bertz CT molecular complexity index is 1220. The molecule has 1 N–H and O–H groups in total. The second-order valence-corrected chi connectivity index (χ2v) is 8.61. The van der Waals surface area contributed by atoms with E-state index in [-0.39, 0.29) is 18.1 Å². The Morgan fingerprint density at radius 3 is 2.58 bits per heavy atom. The molecular weight excluding hydrogens is 409 g/mol. The molecule has 1 amide bonds. The van der Waals surface area contributed by atoms with Gasteiger partial charge in [0.05, 0.1) is 12.1 Å². The molecule has 6 heteroatoms. The molecule has 2 heterocycles. The van der Waals surface area contributed by atoms with E-state index in [0.29, 0.717) is 6.54 Å². The van der Waals surface area contributed by atoms with Gasteiger partial charge in [-0.1, -0.05) is 30.3 Å². The molecule has 0 aliphatic carbocycles. The Labute approximate surface area is 185 Å². The maximum absolute atomic E-state index is 13.2. The van der Waals surface area contributed by atoms with E-state index in [9.17, 15) is 9.18 Å². The van der Waals surface area contributed by atoms with Crippen LogP contribution < -0.4 is 5.32 Å². The van der Waals surface area contributed by atoms with E-state index in [0.717, 1.165) is 44.5 Å². The van der Waals surface area contributed by atoms with Crippen LogP contribution in [0.2, 0.25) is 0 Å². The molecule has 2 aromatic carbocycles. The lowest BCUT2D eigenvalue weighted by atomic mass is 10.2. The number of anilines is 1. The lowest BCUT2D eigenvalue weighted by Crippen LogP contribution is -2.14. The molecule has 4 nitrogen and oxygen atoms in total. The second kappa shape index (κ2) is 8.86. The fourth-order valence-electron chi connectivity index (χ4n) is 3.64. The molecule has 0 atom stereocenters. The predicted molar refractivity (Wildman–Crippen MR) is 124 cm³/mol. The van der Waals surface area contributed by atoms with Crippen LogP contribution in [0.3, 0.4) is 0 Å². The minimum Gasteiger partial charge on any atom is -0.344 e. The first kappa shape index (κ1) is 21.0. The van der Waals surface area contributed by atoms with Gasteiger partial charge in [0, 0.05) is 34.6 Å². The van der Waals surface area contributed by atoms with Gasteiger partial charge >= 0.3 is 0 Å². The number of carbonyl (C=O) groups excluding carboxylic acids is 1. The summed E-state index contributed by atoms with van der Waals surface area (Å²) in [4.78, 5) is 17.2. The van der Waals surface area contributed by atoms with Gasteiger partial charge in [0.1, 0.15) is 10.8 Å². The molecule has 31 heavy (non-hydrogen) atoms. The van der Waals surface area contributed by atoms with Crippen molar-refractivity contribution in [3.63, 3.8) is 0 Å². The Kier molecular flexibility index (Phi) is 6.00. The highest BCUT2D eigenvalue weighted by atomic mass is 32.1. The van der Waals surface area contributed by atoms with Crippen molar-refractivity contribution in [1.82, 2.24) is 9.55 Å². The monoisotopic (exact) mass is 433 g/mol. The summed E-state index contributed by atoms with van der Waals surface area (Å²) in [6.07, 6.45) is 0.243. The lowest BCUT2D eigenvalue weighted by Gasteiger charge is -2.10. The number of nitrogens with one attached hydrogen (secondary N) is 1. The molecule has 4 aromatic rings. The summed E-state index contributed by atoms with van der Waals surface area (Å²) in [5.41, 5.74) is 7.05. The van der Waals surface area contributed by atoms with Gasteiger partial charge in [-0.3, -0.25) is 4.79 Å². The minimum atomic E-state index is -0.230. The highest BCUT2D eigenvalue weighted by Gasteiger charge is 2.15. The van der Waals surface area contributed by atoms with Gasteiger partial charge in [0.25, 0.3) is 0 Å². The van der Waals surface area contributed by atoms with Gasteiger partial charge in [0.2, 0.25) is 5.91 Å². The van der Waals surface area contributed by atoms with Crippen LogP contribution in [0.1, 0.15) is 27.5 Å². The summed E-state index contributed by atoms with van der Waals surface area (Å²) in [5.74, 6) is -0.302. The topological polar surface area (TPSA) is 46.9 Å². The highest BCUT2D eigenvalue weighted by molar-refractivity contribution is 7.10. The molecular formula is C25H24FN3OS. The molecule has 158 valence electrons. The van der Waals surface area contributed by atoms with Crippen molar-refractivity contribution in [3.8, 4) is 11.3 Å². The van der Waals surface area contributed by atoms with Crippen molar-refractivity contribution in [1.29, 1.82) is 0 Å². The van der Waals surface area contributed by atoms with E-state index in [2.05, 4.69) is 29.8 Å². The molecule has 0 spiro atoms. The Morgan fingerprint density at radius 1 is 1.10 bits per heavy atom. The Morgan fingerprint density at radius 2 is 1.84 bits per heavy atom. The first-order chi connectivity index (χ1) is 14.9. The third-order valence-corrected chi connectivity index (χ3v) is 6.24. The zero-order chi connectivity index (χ0) is 22.0. The largest absolute Gasteiger partial charge is 0.344 e. The molecule has 0 radical (unpaired) electrons. The summed E-state index contributed by atoms with van der Waals surface area (Å²) < 4.78 is 15.4. The molecule has 0 aliphatic heterocycles. The zero-order valence-electron chi connectivity index (χ0n) is 17.8. The van der Waals surface area contributed by atoms with Crippen molar-refractivity contribution < 1.29 is 9.18 Å². The average molecular weight is 434 g/mol. The predicted octanol–water partition coefficient (Wildman–Crippen LogP) is 5.91. The van der Waals surface area contributed by atoms with Crippen molar-refractivity contribution >= 4 is 22.9 Å². The molecule has 0 bridgehead atoms. The summed E-state index contributed by atoms with van der Waals surface area (Å²) in [6, 6.07) is 16.4. The van der Waals surface area contributed by atoms with Crippen molar-refractivity contribution in [3.05, 3.63) is 93.3 Å². The van der Waals surface area contributed by atoms with Crippen LogP contribution in [0.4, 0.5) is 10.1 Å². The van der Waals surface area contributed by atoms with Crippen LogP contribution in [0.5, 0.6) is 0 Å². The maximum atomic E-state index is 13.2. The number of rotatable bonds is 6. The maximum Gasteiger partial charge on any atom is 0.231 e. The number of hydrogen-bond donors (Lipinski definition) is 1. The molecule has 0 aliphatic rings. The number of thiazole rings is 1. The highest BCUT2D eigenvalue weighted by Crippen LogP contribution is 2.29. The summed E-state index contributed by atoms with van der Waals surface area (Å²) in [5, 5.41) is 5.74. The van der Waals surface area contributed by atoms with Crippen LogP contribution in [-0.4, -0.2) is 15.5 Å². The third-order valence-electron chi connectivity index (χ3n) is 5.39. The smallest absolute Gasteiger partial charge is 0.231 e. The number of para-hydroxylation sites is 1. The number of amides is 1. The quantitative estimate of drug-likeness (QED) is 0.411. The fourth-order valence-corrected chi connectivity index (χ4v) is 4.43. The van der Waals surface area contributed by atoms with Crippen LogP contribution in [0.25, 0.3) is 11.3 Å². The minimum absolute atomic E-state index is 0.0722. The molecule has 0 unspecified atom stereocenters. The van der Waals surface area contributed by atoms with E-state index < -0.39 is 0 Å². The molecule has 0 saturated carbocycles. The van der Waals surface area contributed by atoms with E-state index in [4.69, 9.17) is 4.98 Å². The lowest BCUT2D eigenvalue weighted by molar-refractivity contribution is -0.115. The summed E-state index contributed by atoms with van der Waals surface area (Å²) in [7, 11) is 0. The first-order valence-corrected chi connectivity index (χ1v) is 11.0. The number of hydrogen-bond acceptors (Lipinski definition) is 3. The summed E-state index contributed by atoms with van der Waals surface area (Å²) >= 11 is 1.49. The van der Waals surface area contributed by atoms with Crippen molar-refractivity contribution in [2.45, 2.75) is 33.7 Å². The van der Waals surface area contributed by atoms with Crippen LogP contribution in [0, 0.1) is 26.6 Å². The number of benzene rings is 2. The second-order valence-electron chi connectivity index (χ2n) is 7.66. The molecule has 2 aromatic heterocycles. The third kappa shape index (κ3) is 4.75. The van der Waals surface area contributed by atoms with Crippen LogP contribution in [-0.2, 0) is 17.8 Å². The van der Waals surface area contributed by atoms with Crippen LogP contribution in [0.15, 0.2) is 60.0 Å². The SMILES string of the molecule is Cc1ccccc1NC(=O)Cc1nc(-c2cc(C)n(Cc3ccc(F)cc3)c2C)cs1. The number of nitrogens with zero attached hydrogens (tertiary/aromatic N) is 2. The number of carbonyl (C=O) groups is 1. The van der Waals surface area contributed by atoms with E-state index in [1.54, 1.807) is 0 Å². The van der Waals surface area contributed by atoms with E-state index >= 15 is 0 Å². The molecule has 0 saturated heterocycles. The average Bonchev–Trinajstić information content (AvgIpc) is 3.30. The zero-order valence-corrected chi connectivity index (χ0v) is 18.6. The van der Waals surface area contributed by atoms with Gasteiger partial charge in [-0.25, -0.2) is 9.37 Å². The van der Waals surface area contributed by atoms with Gasteiger partial charge in [0.15, 0.2) is 0 Å². The Hall–Kier alpha value is -3.25. The number of aromatic nitrogens is 2. The Balaban J connectivity index is 1.49. The van der Waals surface area contributed by atoms with E-state index in [1.165, 1.54) is 23.5 Å². The molecule has 0 fully saturated rings. The number of aryl methyl sites for hydroxylation is 2. The number of halogens is 1. The fraction of sp³-hybridized carbons (Fsp3) is 0.200. The standard InChI is InChI=1S/C25H24FN3OS/c1-16-6-4-5-7-22(16)27-24(30)13-25-28-23(15-31-25)21-12-17(2)29(18(21)3)14-19-8-10-20(26)11-9-19/h4-12,15H,13-14H2,1-3H3,(H,27,30). The van der Waals surface area contributed by atoms with Crippen LogP contribution >= 0.6 is 11.3 Å². The van der Waals surface area contributed by atoms with Gasteiger partial charge in [-0.2, -0.15) is 0 Å². The van der Waals surface area contributed by atoms with E-state index in [1.807, 2.05) is 48.7 Å². The summed E-state index contributed by atoms with van der Waals surface area (Å²) in [6.45, 7) is 6.77. The van der Waals surface area contributed by atoms with Gasteiger partial charge in [-0.05, 0) is 56.2 Å². The van der Waals surface area contributed by atoms with Gasteiger partial charge in [-0.15, -0.1) is 11.3 Å². The molecule has 4 rings (SSSR count).